The second-order valence-corrected chi connectivity index (χ2v) is 3.45. The average molecular weight is 187 g/mol. The van der Waals surface area contributed by atoms with E-state index in [9.17, 15) is 4.39 Å². The van der Waals surface area contributed by atoms with Gasteiger partial charge < -0.3 is 0 Å². The van der Waals surface area contributed by atoms with Crippen LogP contribution in [0.3, 0.4) is 0 Å². The van der Waals surface area contributed by atoms with Gasteiger partial charge in [0.25, 0.3) is 0 Å². The van der Waals surface area contributed by atoms with Crippen LogP contribution in [-0.4, -0.2) is 0 Å². The zero-order valence-corrected chi connectivity index (χ0v) is 8.03. The summed E-state index contributed by atoms with van der Waals surface area (Å²) in [5.41, 5.74) is 0.975. The number of halogens is 2. The van der Waals surface area contributed by atoms with Crippen LogP contribution in [-0.2, 0) is 0 Å². The van der Waals surface area contributed by atoms with E-state index >= 15 is 0 Å². The third-order valence-corrected chi connectivity index (χ3v) is 2.28. The summed E-state index contributed by atoms with van der Waals surface area (Å²) >= 11 is 5.71. The molecule has 1 atom stereocenters. The molecule has 0 bridgehead atoms. The summed E-state index contributed by atoms with van der Waals surface area (Å²) in [6.07, 6.45) is 1.000. The maximum atomic E-state index is 12.8. The molecular weight excluding hydrogens is 175 g/mol. The lowest BCUT2D eigenvalue weighted by Crippen LogP contribution is -1.91. The van der Waals surface area contributed by atoms with E-state index in [0.29, 0.717) is 10.9 Å². The molecule has 0 nitrogen and oxygen atoms in total. The fraction of sp³-hybridized carbons (Fsp3) is 0.400. The predicted molar refractivity (Wildman–Crippen MR) is 50.1 cm³/mol. The Balaban J connectivity index is 3.00. The molecule has 0 amide bonds. The van der Waals surface area contributed by atoms with Gasteiger partial charge in [0, 0.05) is 5.02 Å². The van der Waals surface area contributed by atoms with Crippen molar-refractivity contribution < 1.29 is 4.39 Å². The van der Waals surface area contributed by atoms with Crippen molar-refractivity contribution >= 4 is 11.6 Å². The van der Waals surface area contributed by atoms with Crippen LogP contribution in [0.4, 0.5) is 4.39 Å². The molecule has 2 heteroatoms. The van der Waals surface area contributed by atoms with E-state index in [1.807, 2.05) is 6.07 Å². The Kier molecular flexibility index (Phi) is 3.10. The van der Waals surface area contributed by atoms with Crippen molar-refractivity contribution in [1.29, 1.82) is 0 Å². The molecule has 1 unspecified atom stereocenters. The highest BCUT2D eigenvalue weighted by molar-refractivity contribution is 6.30. The first-order chi connectivity index (χ1) is 5.63. The standard InChI is InChI=1S/C10H12ClF/c1-3-7(2)8-4-9(11)6-10(12)5-8/h4-7H,3H2,1-2H3. The van der Waals surface area contributed by atoms with Crippen molar-refractivity contribution in [2.75, 3.05) is 0 Å². The van der Waals surface area contributed by atoms with Gasteiger partial charge in [0.1, 0.15) is 5.82 Å². The third-order valence-electron chi connectivity index (χ3n) is 2.07. The molecule has 0 aliphatic heterocycles. The lowest BCUT2D eigenvalue weighted by Gasteiger charge is -2.08. The van der Waals surface area contributed by atoms with Gasteiger partial charge in [-0.25, -0.2) is 4.39 Å². The van der Waals surface area contributed by atoms with Crippen LogP contribution in [0, 0.1) is 5.82 Å². The second-order valence-electron chi connectivity index (χ2n) is 3.01. The molecular formula is C10H12ClF. The fourth-order valence-electron chi connectivity index (χ4n) is 1.10. The van der Waals surface area contributed by atoms with E-state index in [2.05, 4.69) is 13.8 Å². The third kappa shape index (κ3) is 2.21. The Bertz CT molecular complexity index is 250. The number of hydrogen-bond acceptors (Lipinski definition) is 0. The Labute approximate surface area is 77.4 Å². The van der Waals surface area contributed by atoms with Crippen molar-refractivity contribution in [2.24, 2.45) is 0 Å². The molecule has 1 aromatic rings. The van der Waals surface area contributed by atoms with Gasteiger partial charge in [-0.1, -0.05) is 25.4 Å². The van der Waals surface area contributed by atoms with Gasteiger partial charge in [0.05, 0.1) is 0 Å². The molecule has 66 valence electrons. The summed E-state index contributed by atoms with van der Waals surface area (Å²) in [4.78, 5) is 0. The van der Waals surface area contributed by atoms with Gasteiger partial charge in [-0.05, 0) is 36.1 Å². The normalized spacial score (nSPS) is 13.0. The molecule has 0 aliphatic rings. The van der Waals surface area contributed by atoms with Gasteiger partial charge in [0.2, 0.25) is 0 Å². The monoisotopic (exact) mass is 186 g/mol. The van der Waals surface area contributed by atoms with Crippen LogP contribution in [0.5, 0.6) is 0 Å². The highest BCUT2D eigenvalue weighted by atomic mass is 35.5. The van der Waals surface area contributed by atoms with Gasteiger partial charge in [-0.15, -0.1) is 0 Å². The minimum atomic E-state index is -0.252. The largest absolute Gasteiger partial charge is 0.207 e. The second kappa shape index (κ2) is 3.90. The molecule has 0 N–H and O–H groups in total. The summed E-state index contributed by atoms with van der Waals surface area (Å²) in [6.45, 7) is 4.13. The van der Waals surface area contributed by atoms with Gasteiger partial charge in [-0.2, -0.15) is 0 Å². The van der Waals surface area contributed by atoms with Crippen LogP contribution in [0.1, 0.15) is 31.7 Å². The van der Waals surface area contributed by atoms with E-state index in [1.165, 1.54) is 6.07 Å². The lowest BCUT2D eigenvalue weighted by atomic mass is 9.99. The Morgan fingerprint density at radius 1 is 1.42 bits per heavy atom. The van der Waals surface area contributed by atoms with Gasteiger partial charge in [0.15, 0.2) is 0 Å². The smallest absolute Gasteiger partial charge is 0.124 e. The molecule has 0 saturated carbocycles. The van der Waals surface area contributed by atoms with Crippen molar-refractivity contribution in [3.63, 3.8) is 0 Å². The summed E-state index contributed by atoms with van der Waals surface area (Å²) in [6, 6.07) is 4.69. The minimum absolute atomic E-state index is 0.252. The minimum Gasteiger partial charge on any atom is -0.207 e. The van der Waals surface area contributed by atoms with Crippen LogP contribution in [0.15, 0.2) is 18.2 Å². The van der Waals surface area contributed by atoms with Crippen molar-refractivity contribution in [2.45, 2.75) is 26.2 Å². The van der Waals surface area contributed by atoms with E-state index in [0.717, 1.165) is 12.0 Å². The van der Waals surface area contributed by atoms with Gasteiger partial charge >= 0.3 is 0 Å². The van der Waals surface area contributed by atoms with Crippen LogP contribution < -0.4 is 0 Å². The number of hydrogen-bond donors (Lipinski definition) is 0. The van der Waals surface area contributed by atoms with E-state index in [4.69, 9.17) is 11.6 Å². The van der Waals surface area contributed by atoms with E-state index in [1.54, 1.807) is 6.07 Å². The molecule has 0 heterocycles. The van der Waals surface area contributed by atoms with Crippen LogP contribution in [0.2, 0.25) is 5.02 Å². The van der Waals surface area contributed by atoms with Crippen molar-refractivity contribution in [3.05, 3.63) is 34.6 Å². The molecule has 0 spiro atoms. The molecule has 0 saturated heterocycles. The fourth-order valence-corrected chi connectivity index (χ4v) is 1.33. The molecule has 0 aliphatic carbocycles. The molecule has 1 aromatic carbocycles. The zero-order chi connectivity index (χ0) is 9.14. The summed E-state index contributed by atoms with van der Waals surface area (Å²) < 4.78 is 12.8. The SMILES string of the molecule is CCC(C)c1cc(F)cc(Cl)c1. The highest BCUT2D eigenvalue weighted by Gasteiger charge is 2.05. The Hall–Kier alpha value is -0.560. The maximum Gasteiger partial charge on any atom is 0.124 e. The molecule has 0 fully saturated rings. The molecule has 12 heavy (non-hydrogen) atoms. The zero-order valence-electron chi connectivity index (χ0n) is 7.27. The average Bonchev–Trinajstić information content (AvgIpc) is 2.01. The number of benzene rings is 1. The van der Waals surface area contributed by atoms with Crippen LogP contribution in [0.25, 0.3) is 0 Å². The topological polar surface area (TPSA) is 0 Å². The number of rotatable bonds is 2. The summed E-state index contributed by atoms with van der Waals surface area (Å²) in [5.74, 6) is 0.121. The Morgan fingerprint density at radius 3 is 2.58 bits per heavy atom. The lowest BCUT2D eigenvalue weighted by molar-refractivity contribution is 0.620. The van der Waals surface area contributed by atoms with Crippen molar-refractivity contribution in [1.82, 2.24) is 0 Å². The maximum absolute atomic E-state index is 12.8. The first-order valence-corrected chi connectivity index (χ1v) is 4.47. The summed E-state index contributed by atoms with van der Waals surface area (Å²) in [5, 5.41) is 0.477. The Morgan fingerprint density at radius 2 is 2.08 bits per heavy atom. The first-order valence-electron chi connectivity index (χ1n) is 4.09. The van der Waals surface area contributed by atoms with Crippen LogP contribution >= 0.6 is 11.6 Å². The van der Waals surface area contributed by atoms with E-state index in [-0.39, 0.29) is 5.82 Å². The van der Waals surface area contributed by atoms with Gasteiger partial charge in [-0.3, -0.25) is 0 Å². The van der Waals surface area contributed by atoms with Crippen molar-refractivity contribution in [3.8, 4) is 0 Å². The first kappa shape index (κ1) is 9.53. The quantitative estimate of drug-likeness (QED) is 0.655. The highest BCUT2D eigenvalue weighted by Crippen LogP contribution is 2.23. The predicted octanol–water partition coefficient (Wildman–Crippen LogP) is 3.99. The molecule has 0 radical (unpaired) electrons. The molecule has 0 aromatic heterocycles. The molecule has 1 rings (SSSR count). The summed E-state index contributed by atoms with van der Waals surface area (Å²) in [7, 11) is 0. The van der Waals surface area contributed by atoms with E-state index < -0.39 is 0 Å².